The summed E-state index contributed by atoms with van der Waals surface area (Å²) in [6.07, 6.45) is 3.03. The SMILES string of the molecule is C[C@H]1CC(=O)N(c2ccc(N[C@@H]3CCCc4ccccc43)c([N+](=O)[O-])c2)C1=O. The van der Waals surface area contributed by atoms with Crippen molar-refractivity contribution in [3.63, 3.8) is 0 Å². The molecule has 0 aromatic heterocycles. The van der Waals surface area contributed by atoms with Crippen molar-refractivity contribution in [3.8, 4) is 0 Å². The number of nitrogens with zero attached hydrogens (tertiary/aromatic N) is 2. The zero-order chi connectivity index (χ0) is 19.8. The molecule has 0 saturated carbocycles. The van der Waals surface area contributed by atoms with Crippen molar-refractivity contribution in [2.75, 3.05) is 10.2 Å². The number of hydrogen-bond donors (Lipinski definition) is 1. The molecule has 7 heteroatoms. The molecule has 0 bridgehead atoms. The summed E-state index contributed by atoms with van der Waals surface area (Å²) in [5.74, 6) is -1.04. The zero-order valence-electron chi connectivity index (χ0n) is 15.6. The summed E-state index contributed by atoms with van der Waals surface area (Å²) in [6.45, 7) is 1.69. The normalized spacial score (nSPS) is 21.5. The van der Waals surface area contributed by atoms with Gasteiger partial charge in [-0.2, -0.15) is 0 Å². The van der Waals surface area contributed by atoms with Gasteiger partial charge in [0.15, 0.2) is 0 Å². The van der Waals surface area contributed by atoms with Crippen LogP contribution >= 0.6 is 0 Å². The Bertz CT molecular complexity index is 972. The van der Waals surface area contributed by atoms with E-state index >= 15 is 0 Å². The Balaban J connectivity index is 1.67. The highest BCUT2D eigenvalue weighted by Gasteiger charge is 2.37. The van der Waals surface area contributed by atoms with Gasteiger partial charge < -0.3 is 5.32 Å². The van der Waals surface area contributed by atoms with E-state index in [1.165, 1.54) is 11.6 Å². The van der Waals surface area contributed by atoms with Gasteiger partial charge in [0, 0.05) is 18.4 Å². The molecule has 0 radical (unpaired) electrons. The number of amides is 2. The molecule has 2 aromatic rings. The predicted molar refractivity (Wildman–Crippen MR) is 105 cm³/mol. The molecule has 2 aromatic carbocycles. The van der Waals surface area contributed by atoms with Crippen LogP contribution < -0.4 is 10.2 Å². The fourth-order valence-electron chi connectivity index (χ4n) is 4.08. The molecular weight excluding hydrogens is 358 g/mol. The lowest BCUT2D eigenvalue weighted by molar-refractivity contribution is -0.383. The lowest BCUT2D eigenvalue weighted by Crippen LogP contribution is -2.30. The lowest BCUT2D eigenvalue weighted by atomic mass is 9.87. The number of nitro groups is 1. The average Bonchev–Trinajstić information content (AvgIpc) is 2.94. The first-order valence-corrected chi connectivity index (χ1v) is 9.45. The van der Waals surface area contributed by atoms with Crippen LogP contribution in [0.1, 0.15) is 43.4 Å². The average molecular weight is 379 g/mol. The minimum absolute atomic E-state index is 0.00965. The third-order valence-corrected chi connectivity index (χ3v) is 5.51. The summed E-state index contributed by atoms with van der Waals surface area (Å²) in [4.78, 5) is 36.6. The molecule has 2 atom stereocenters. The molecule has 1 saturated heterocycles. The molecule has 1 aliphatic heterocycles. The van der Waals surface area contributed by atoms with E-state index in [-0.39, 0.29) is 35.7 Å². The van der Waals surface area contributed by atoms with Crippen molar-refractivity contribution in [3.05, 3.63) is 63.7 Å². The van der Waals surface area contributed by atoms with Crippen LogP contribution in [0.3, 0.4) is 0 Å². The number of aryl methyl sites for hydroxylation is 1. The van der Waals surface area contributed by atoms with Crippen LogP contribution in [0.2, 0.25) is 0 Å². The van der Waals surface area contributed by atoms with Gasteiger partial charge >= 0.3 is 0 Å². The van der Waals surface area contributed by atoms with E-state index in [4.69, 9.17) is 0 Å². The second-order valence-electron chi connectivity index (χ2n) is 7.42. The van der Waals surface area contributed by atoms with Crippen LogP contribution in [0, 0.1) is 16.0 Å². The zero-order valence-corrected chi connectivity index (χ0v) is 15.6. The van der Waals surface area contributed by atoms with E-state index < -0.39 is 10.8 Å². The highest BCUT2D eigenvalue weighted by molar-refractivity contribution is 6.21. The van der Waals surface area contributed by atoms with Gasteiger partial charge in [0.1, 0.15) is 5.69 Å². The monoisotopic (exact) mass is 379 g/mol. The molecule has 7 nitrogen and oxygen atoms in total. The molecule has 0 spiro atoms. The summed E-state index contributed by atoms with van der Waals surface area (Å²) < 4.78 is 0. The fraction of sp³-hybridized carbons (Fsp3) is 0.333. The number of nitro benzene ring substituents is 1. The minimum atomic E-state index is -0.477. The van der Waals surface area contributed by atoms with Crippen LogP contribution in [0.25, 0.3) is 0 Å². The number of hydrogen-bond acceptors (Lipinski definition) is 5. The molecule has 0 unspecified atom stereocenters. The van der Waals surface area contributed by atoms with E-state index in [9.17, 15) is 19.7 Å². The number of benzene rings is 2. The molecule has 4 rings (SSSR count). The Morgan fingerprint density at radius 3 is 2.68 bits per heavy atom. The number of fused-ring (bicyclic) bond motifs is 1. The number of carbonyl (C=O) groups is 2. The number of carbonyl (C=O) groups excluding carboxylic acids is 2. The smallest absolute Gasteiger partial charge is 0.294 e. The standard InChI is InChI=1S/C21H21N3O4/c1-13-11-20(25)23(21(13)26)15-9-10-18(19(12-15)24(27)28)22-17-8-4-6-14-5-2-3-7-16(14)17/h2-3,5,7,9-10,12-13,17,22H,4,6,8,11H2,1H3/t13-,17+/m0/s1. The summed E-state index contributed by atoms with van der Waals surface area (Å²) in [5.41, 5.74) is 2.92. The van der Waals surface area contributed by atoms with Gasteiger partial charge in [-0.25, -0.2) is 0 Å². The number of nitrogens with one attached hydrogen (secondary N) is 1. The maximum atomic E-state index is 12.3. The van der Waals surface area contributed by atoms with Gasteiger partial charge in [-0.1, -0.05) is 31.2 Å². The van der Waals surface area contributed by atoms with Crippen LogP contribution in [0.15, 0.2) is 42.5 Å². The van der Waals surface area contributed by atoms with Crippen LogP contribution in [-0.2, 0) is 16.0 Å². The third kappa shape index (κ3) is 3.13. The van der Waals surface area contributed by atoms with Crippen LogP contribution in [0.4, 0.5) is 17.1 Å². The summed E-state index contributed by atoms with van der Waals surface area (Å²) >= 11 is 0. The van der Waals surface area contributed by atoms with E-state index in [1.807, 2.05) is 12.1 Å². The predicted octanol–water partition coefficient (Wildman–Crippen LogP) is 3.98. The van der Waals surface area contributed by atoms with E-state index in [0.29, 0.717) is 5.69 Å². The molecule has 28 heavy (non-hydrogen) atoms. The quantitative estimate of drug-likeness (QED) is 0.493. The minimum Gasteiger partial charge on any atom is -0.373 e. The first-order chi connectivity index (χ1) is 13.5. The van der Waals surface area contributed by atoms with Crippen molar-refractivity contribution in [1.82, 2.24) is 0 Å². The van der Waals surface area contributed by atoms with E-state index in [0.717, 1.165) is 29.7 Å². The second kappa shape index (κ2) is 7.07. The van der Waals surface area contributed by atoms with Gasteiger partial charge in [0.05, 0.1) is 16.7 Å². The van der Waals surface area contributed by atoms with E-state index in [1.54, 1.807) is 19.1 Å². The lowest BCUT2D eigenvalue weighted by Gasteiger charge is -2.27. The molecular formula is C21H21N3O4. The fourth-order valence-corrected chi connectivity index (χ4v) is 4.08. The highest BCUT2D eigenvalue weighted by Crippen LogP contribution is 2.38. The van der Waals surface area contributed by atoms with Crippen molar-refractivity contribution in [2.45, 2.75) is 38.6 Å². The van der Waals surface area contributed by atoms with Gasteiger partial charge in [0.25, 0.3) is 5.69 Å². The molecule has 2 aliphatic rings. The largest absolute Gasteiger partial charge is 0.373 e. The van der Waals surface area contributed by atoms with E-state index in [2.05, 4.69) is 17.4 Å². The number of rotatable bonds is 4. The molecule has 1 fully saturated rings. The Morgan fingerprint density at radius 2 is 1.96 bits per heavy atom. The number of imide groups is 1. The third-order valence-electron chi connectivity index (χ3n) is 5.51. The van der Waals surface area contributed by atoms with Crippen molar-refractivity contribution in [2.24, 2.45) is 5.92 Å². The maximum absolute atomic E-state index is 12.3. The molecule has 2 amide bonds. The Hall–Kier alpha value is -3.22. The Kier molecular flexibility index (Phi) is 4.58. The van der Waals surface area contributed by atoms with Gasteiger partial charge in [-0.05, 0) is 42.5 Å². The first kappa shape index (κ1) is 18.2. The van der Waals surface area contributed by atoms with Crippen molar-refractivity contribution >= 4 is 28.9 Å². The van der Waals surface area contributed by atoms with Crippen molar-refractivity contribution in [1.29, 1.82) is 0 Å². The highest BCUT2D eigenvalue weighted by atomic mass is 16.6. The second-order valence-corrected chi connectivity index (χ2v) is 7.42. The van der Waals surface area contributed by atoms with Crippen LogP contribution in [-0.4, -0.2) is 16.7 Å². The van der Waals surface area contributed by atoms with Gasteiger partial charge in [-0.15, -0.1) is 0 Å². The Morgan fingerprint density at radius 1 is 1.18 bits per heavy atom. The summed E-state index contributed by atoms with van der Waals surface area (Å²) in [7, 11) is 0. The first-order valence-electron chi connectivity index (χ1n) is 9.45. The molecule has 1 aliphatic carbocycles. The molecule has 1 heterocycles. The van der Waals surface area contributed by atoms with Gasteiger partial charge in [-0.3, -0.25) is 24.6 Å². The Labute approximate surface area is 162 Å². The summed E-state index contributed by atoms with van der Waals surface area (Å²) in [5, 5.41) is 15.0. The molecule has 1 N–H and O–H groups in total. The van der Waals surface area contributed by atoms with Crippen LogP contribution in [0.5, 0.6) is 0 Å². The van der Waals surface area contributed by atoms with Crippen molar-refractivity contribution < 1.29 is 14.5 Å². The van der Waals surface area contributed by atoms with Gasteiger partial charge in [0.2, 0.25) is 11.8 Å². The topological polar surface area (TPSA) is 92.6 Å². The maximum Gasteiger partial charge on any atom is 0.294 e. The number of anilines is 2. The molecule has 144 valence electrons. The summed E-state index contributed by atoms with van der Waals surface area (Å²) in [6, 6.07) is 12.6.